The highest BCUT2D eigenvalue weighted by molar-refractivity contribution is 6.00. The van der Waals surface area contributed by atoms with E-state index in [1.807, 2.05) is 0 Å². The smallest absolute Gasteiger partial charge is 0.338 e. The van der Waals surface area contributed by atoms with Crippen molar-refractivity contribution in [3.8, 4) is 0 Å². The minimum atomic E-state index is -3.61. The molecule has 0 unspecified atom stereocenters. The van der Waals surface area contributed by atoms with Gasteiger partial charge in [0.05, 0.1) is 5.56 Å². The van der Waals surface area contributed by atoms with Crippen LogP contribution in [0.4, 0.5) is 29.3 Å². The molecule has 3 rings (SSSR count). The van der Waals surface area contributed by atoms with Crippen molar-refractivity contribution in [1.29, 1.82) is 0 Å². The first kappa shape index (κ1) is 16.8. The van der Waals surface area contributed by atoms with Gasteiger partial charge in [0.1, 0.15) is 6.61 Å². The van der Waals surface area contributed by atoms with Crippen LogP contribution in [-0.4, -0.2) is 18.7 Å². The van der Waals surface area contributed by atoms with E-state index >= 15 is 0 Å². The number of alkyl halides is 3. The predicted octanol–water partition coefficient (Wildman–Crippen LogP) is 4.06. The van der Waals surface area contributed by atoms with Crippen LogP contribution in [0.15, 0.2) is 42.5 Å². The van der Waals surface area contributed by atoms with E-state index < -0.39 is 30.2 Å². The normalized spacial score (nSPS) is 13.2. The van der Waals surface area contributed by atoms with Crippen LogP contribution >= 0.6 is 0 Å². The summed E-state index contributed by atoms with van der Waals surface area (Å²) in [4.78, 5) is 23.4. The molecule has 0 saturated carbocycles. The van der Waals surface area contributed by atoms with Crippen molar-refractivity contribution in [3.63, 3.8) is 0 Å². The number of anilines is 2. The van der Waals surface area contributed by atoms with Crippen LogP contribution in [0, 0.1) is 0 Å². The van der Waals surface area contributed by atoms with Crippen molar-refractivity contribution < 1.29 is 27.5 Å². The van der Waals surface area contributed by atoms with Gasteiger partial charge in [0.25, 0.3) is 0 Å². The lowest BCUT2D eigenvalue weighted by molar-refractivity contribution is -0.0280. The molecule has 130 valence electrons. The summed E-state index contributed by atoms with van der Waals surface area (Å²) in [6, 6.07) is 8.79. The Bertz CT molecular complexity index is 840. The molecule has 0 atom stereocenters. The van der Waals surface area contributed by atoms with Crippen LogP contribution in [0.1, 0.15) is 21.5 Å². The second-order valence-electron chi connectivity index (χ2n) is 5.45. The summed E-state index contributed by atoms with van der Waals surface area (Å²) in [6.07, 6.45) is 0. The van der Waals surface area contributed by atoms with Gasteiger partial charge in [0.15, 0.2) is 6.67 Å². The Balaban J connectivity index is 1.69. The fourth-order valence-electron chi connectivity index (χ4n) is 2.41. The molecule has 0 aliphatic carbocycles. The summed E-state index contributed by atoms with van der Waals surface area (Å²) in [5.41, 5.74) is 1.07. The third-order valence-corrected chi connectivity index (χ3v) is 3.65. The number of nitrogens with one attached hydrogen (secondary N) is 2. The van der Waals surface area contributed by atoms with Gasteiger partial charge in [-0.05, 0) is 30.3 Å². The molecule has 0 saturated heterocycles. The van der Waals surface area contributed by atoms with Gasteiger partial charge < -0.3 is 15.4 Å². The van der Waals surface area contributed by atoms with E-state index in [-0.39, 0.29) is 12.3 Å². The molecular formula is C17H13F3N2O3. The summed E-state index contributed by atoms with van der Waals surface area (Å²) < 4.78 is 44.0. The molecule has 1 aliphatic rings. The summed E-state index contributed by atoms with van der Waals surface area (Å²) in [5.74, 6) is -4.03. The van der Waals surface area contributed by atoms with Gasteiger partial charge in [-0.2, -0.15) is 8.78 Å². The van der Waals surface area contributed by atoms with Crippen molar-refractivity contribution in [2.24, 2.45) is 0 Å². The van der Waals surface area contributed by atoms with E-state index in [2.05, 4.69) is 10.6 Å². The number of hydrogen-bond acceptors (Lipinski definition) is 3. The molecule has 0 spiro atoms. The van der Waals surface area contributed by atoms with E-state index in [0.29, 0.717) is 16.8 Å². The summed E-state index contributed by atoms with van der Waals surface area (Å²) in [7, 11) is 0. The minimum Gasteiger partial charge on any atom is -0.457 e. The van der Waals surface area contributed by atoms with Crippen molar-refractivity contribution in [1.82, 2.24) is 0 Å². The number of cyclic esters (lactones) is 1. The lowest BCUT2D eigenvalue weighted by Gasteiger charge is -2.14. The van der Waals surface area contributed by atoms with Gasteiger partial charge in [0.2, 0.25) is 0 Å². The first-order chi connectivity index (χ1) is 11.9. The Morgan fingerprint density at radius 3 is 2.56 bits per heavy atom. The maximum absolute atomic E-state index is 13.4. The summed E-state index contributed by atoms with van der Waals surface area (Å²) >= 11 is 0. The molecule has 0 radical (unpaired) electrons. The molecule has 2 aromatic rings. The molecule has 0 fully saturated rings. The maximum Gasteiger partial charge on any atom is 0.338 e. The fourth-order valence-corrected chi connectivity index (χ4v) is 2.41. The Morgan fingerprint density at radius 2 is 1.84 bits per heavy atom. The third-order valence-electron chi connectivity index (χ3n) is 3.65. The number of hydrogen-bond donors (Lipinski definition) is 2. The minimum absolute atomic E-state index is 0.0998. The molecule has 1 aliphatic heterocycles. The first-order valence-corrected chi connectivity index (χ1v) is 7.31. The largest absolute Gasteiger partial charge is 0.457 e. The Morgan fingerprint density at radius 1 is 1.12 bits per heavy atom. The van der Waals surface area contributed by atoms with Crippen LogP contribution in [0.2, 0.25) is 0 Å². The highest BCUT2D eigenvalue weighted by Gasteiger charge is 2.31. The molecule has 5 nitrogen and oxygen atoms in total. The number of urea groups is 1. The average molecular weight is 350 g/mol. The average Bonchev–Trinajstić information content (AvgIpc) is 2.95. The number of carbonyl (C=O) groups is 2. The quantitative estimate of drug-likeness (QED) is 0.817. The number of ether oxygens (including phenoxy) is 1. The molecule has 2 aromatic carbocycles. The van der Waals surface area contributed by atoms with Gasteiger partial charge in [-0.15, -0.1) is 0 Å². The first-order valence-electron chi connectivity index (χ1n) is 7.31. The van der Waals surface area contributed by atoms with Gasteiger partial charge >= 0.3 is 17.9 Å². The van der Waals surface area contributed by atoms with E-state index in [9.17, 15) is 22.8 Å². The number of esters is 1. The zero-order chi connectivity index (χ0) is 18.0. The molecule has 25 heavy (non-hydrogen) atoms. The topological polar surface area (TPSA) is 67.4 Å². The van der Waals surface area contributed by atoms with E-state index in [4.69, 9.17) is 4.74 Å². The summed E-state index contributed by atoms with van der Waals surface area (Å²) in [5, 5.41) is 4.93. The Hall–Kier alpha value is -3.03. The molecule has 0 bridgehead atoms. The molecule has 0 aromatic heterocycles. The highest BCUT2D eigenvalue weighted by Crippen LogP contribution is 2.30. The van der Waals surface area contributed by atoms with Gasteiger partial charge in [-0.3, -0.25) is 0 Å². The Labute approximate surface area is 140 Å². The van der Waals surface area contributed by atoms with Crippen molar-refractivity contribution in [2.45, 2.75) is 12.5 Å². The monoisotopic (exact) mass is 350 g/mol. The number of amides is 2. The van der Waals surface area contributed by atoms with E-state index in [1.165, 1.54) is 24.3 Å². The van der Waals surface area contributed by atoms with Crippen LogP contribution in [0.25, 0.3) is 0 Å². The second-order valence-corrected chi connectivity index (χ2v) is 5.45. The number of fused-ring (bicyclic) bond motifs is 1. The Kier molecular flexibility index (Phi) is 4.35. The summed E-state index contributed by atoms with van der Waals surface area (Å²) in [6.45, 7) is -1.69. The lowest BCUT2D eigenvalue weighted by Crippen LogP contribution is -2.20. The standard InChI is InChI=1S/C17H13F3N2O3/c18-9-17(19,20)11-2-1-3-12(7-11)21-16(24)22-13-4-5-14-10(6-13)8-25-15(14)23/h1-7H,8-9H2,(H2,21,22,24). The zero-order valence-electron chi connectivity index (χ0n) is 12.8. The second kappa shape index (κ2) is 6.46. The molecule has 1 heterocycles. The van der Waals surface area contributed by atoms with Crippen molar-refractivity contribution >= 4 is 23.4 Å². The van der Waals surface area contributed by atoms with Crippen LogP contribution in [0.3, 0.4) is 0 Å². The van der Waals surface area contributed by atoms with E-state index in [1.54, 1.807) is 6.07 Å². The number of rotatable bonds is 4. The SMILES string of the molecule is O=C(Nc1cccc(C(F)(F)CF)c1)Nc1ccc2c(c1)COC2=O. The molecule has 8 heteroatoms. The third kappa shape index (κ3) is 3.57. The predicted molar refractivity (Wildman–Crippen MR) is 84.5 cm³/mol. The lowest BCUT2D eigenvalue weighted by atomic mass is 10.1. The van der Waals surface area contributed by atoms with Gasteiger partial charge in [-0.1, -0.05) is 12.1 Å². The van der Waals surface area contributed by atoms with Gasteiger partial charge in [-0.25, -0.2) is 14.0 Å². The van der Waals surface area contributed by atoms with Crippen LogP contribution in [0.5, 0.6) is 0 Å². The van der Waals surface area contributed by atoms with Crippen LogP contribution in [-0.2, 0) is 17.3 Å². The highest BCUT2D eigenvalue weighted by atomic mass is 19.3. The van der Waals surface area contributed by atoms with Crippen molar-refractivity contribution in [2.75, 3.05) is 17.3 Å². The van der Waals surface area contributed by atoms with E-state index in [0.717, 1.165) is 12.1 Å². The fraction of sp³-hybridized carbons (Fsp3) is 0.176. The molecule has 2 N–H and O–H groups in total. The molecule has 2 amide bonds. The van der Waals surface area contributed by atoms with Crippen molar-refractivity contribution in [3.05, 3.63) is 59.2 Å². The maximum atomic E-state index is 13.4. The number of benzene rings is 2. The zero-order valence-corrected chi connectivity index (χ0v) is 12.8. The number of carbonyl (C=O) groups excluding carboxylic acids is 2. The number of halogens is 3. The van der Waals surface area contributed by atoms with Gasteiger partial charge in [0, 0.05) is 22.5 Å². The molecular weight excluding hydrogens is 337 g/mol. The van der Waals surface area contributed by atoms with Crippen LogP contribution < -0.4 is 10.6 Å².